The molecule has 0 aromatic heterocycles. The van der Waals surface area contributed by atoms with Crippen LogP contribution in [0.15, 0.2) is 18.2 Å². The van der Waals surface area contributed by atoms with Crippen LogP contribution in [0.25, 0.3) is 0 Å². The Bertz CT molecular complexity index is 420. The van der Waals surface area contributed by atoms with Crippen molar-refractivity contribution in [3.63, 3.8) is 0 Å². The number of ether oxygens (including phenoxy) is 2. The fourth-order valence-electron chi connectivity index (χ4n) is 2.54. The van der Waals surface area contributed by atoms with Crippen LogP contribution in [0.4, 0.5) is 0 Å². The molecule has 18 heavy (non-hydrogen) atoms. The van der Waals surface area contributed by atoms with Crippen molar-refractivity contribution in [3.05, 3.63) is 23.8 Å². The Morgan fingerprint density at radius 2 is 1.94 bits per heavy atom. The van der Waals surface area contributed by atoms with Crippen LogP contribution in [-0.2, 0) is 0 Å². The Morgan fingerprint density at radius 1 is 1.22 bits per heavy atom. The van der Waals surface area contributed by atoms with E-state index in [9.17, 15) is 4.79 Å². The van der Waals surface area contributed by atoms with E-state index >= 15 is 0 Å². The van der Waals surface area contributed by atoms with Gasteiger partial charge in [0.05, 0.1) is 12.7 Å². The second-order valence-electron chi connectivity index (χ2n) is 5.11. The Labute approximate surface area is 108 Å². The molecular formula is C15H20O3. The van der Waals surface area contributed by atoms with Crippen molar-refractivity contribution in [2.75, 3.05) is 7.11 Å². The van der Waals surface area contributed by atoms with Crippen molar-refractivity contribution in [1.29, 1.82) is 0 Å². The van der Waals surface area contributed by atoms with Gasteiger partial charge < -0.3 is 9.47 Å². The Kier molecular flexibility index (Phi) is 3.90. The van der Waals surface area contributed by atoms with Crippen LogP contribution in [0, 0.1) is 0 Å². The standard InChI is InChI=1S/C15H20O3/c1-15(9-4-3-5-10-15)18-14-12(11-16)7-6-8-13(14)17-2/h6-8,11H,3-5,9-10H2,1-2H3. The maximum atomic E-state index is 11.1. The molecule has 1 aliphatic rings. The van der Waals surface area contributed by atoms with Gasteiger partial charge in [-0.3, -0.25) is 4.79 Å². The summed E-state index contributed by atoms with van der Waals surface area (Å²) in [5.41, 5.74) is 0.381. The second-order valence-corrected chi connectivity index (χ2v) is 5.11. The predicted molar refractivity (Wildman–Crippen MR) is 70.5 cm³/mol. The van der Waals surface area contributed by atoms with Gasteiger partial charge in [0, 0.05) is 0 Å². The third-order valence-electron chi connectivity index (χ3n) is 3.62. The van der Waals surface area contributed by atoms with E-state index in [1.807, 2.05) is 6.07 Å². The largest absolute Gasteiger partial charge is 0.493 e. The molecule has 0 radical (unpaired) electrons. The lowest BCUT2D eigenvalue weighted by Crippen LogP contribution is -2.35. The van der Waals surface area contributed by atoms with Gasteiger partial charge >= 0.3 is 0 Å². The van der Waals surface area contributed by atoms with Crippen LogP contribution < -0.4 is 9.47 Å². The summed E-state index contributed by atoms with van der Waals surface area (Å²) in [6, 6.07) is 5.39. The lowest BCUT2D eigenvalue weighted by molar-refractivity contribution is 0.0452. The average Bonchev–Trinajstić information content (AvgIpc) is 2.39. The Morgan fingerprint density at radius 3 is 2.56 bits per heavy atom. The van der Waals surface area contributed by atoms with Crippen molar-refractivity contribution in [2.24, 2.45) is 0 Å². The molecule has 1 aromatic rings. The van der Waals surface area contributed by atoms with Crippen LogP contribution >= 0.6 is 0 Å². The minimum absolute atomic E-state index is 0.176. The van der Waals surface area contributed by atoms with E-state index in [2.05, 4.69) is 6.92 Å². The first kappa shape index (κ1) is 12.9. The average molecular weight is 248 g/mol. The van der Waals surface area contributed by atoms with Gasteiger partial charge in [-0.25, -0.2) is 0 Å². The summed E-state index contributed by atoms with van der Waals surface area (Å²) in [4.78, 5) is 11.1. The van der Waals surface area contributed by atoms with E-state index in [0.29, 0.717) is 17.1 Å². The number of benzene rings is 1. The maximum absolute atomic E-state index is 11.1. The molecule has 2 rings (SSSR count). The van der Waals surface area contributed by atoms with Crippen LogP contribution in [0.2, 0.25) is 0 Å². The fourth-order valence-corrected chi connectivity index (χ4v) is 2.54. The predicted octanol–water partition coefficient (Wildman–Crippen LogP) is 3.61. The summed E-state index contributed by atoms with van der Waals surface area (Å²) in [6.07, 6.45) is 6.52. The number of methoxy groups -OCH3 is 1. The van der Waals surface area contributed by atoms with Crippen LogP contribution in [0.3, 0.4) is 0 Å². The second kappa shape index (κ2) is 5.42. The molecule has 1 aliphatic carbocycles. The highest BCUT2D eigenvalue weighted by molar-refractivity contribution is 5.81. The van der Waals surface area contributed by atoms with E-state index in [0.717, 1.165) is 19.1 Å². The third kappa shape index (κ3) is 2.66. The number of hydrogen-bond donors (Lipinski definition) is 0. The molecule has 0 heterocycles. The minimum atomic E-state index is -0.176. The summed E-state index contributed by atoms with van der Waals surface area (Å²) < 4.78 is 11.4. The molecule has 0 bridgehead atoms. The molecule has 0 aliphatic heterocycles. The van der Waals surface area contributed by atoms with E-state index < -0.39 is 0 Å². The van der Waals surface area contributed by atoms with Crippen molar-refractivity contribution >= 4 is 6.29 Å². The zero-order chi connectivity index (χ0) is 13.0. The number of aldehydes is 1. The normalized spacial score (nSPS) is 18.1. The molecule has 3 heteroatoms. The summed E-state index contributed by atoms with van der Waals surface area (Å²) in [5.74, 6) is 1.21. The summed E-state index contributed by atoms with van der Waals surface area (Å²) in [6.45, 7) is 2.12. The van der Waals surface area contributed by atoms with Crippen LogP contribution in [0.5, 0.6) is 11.5 Å². The first-order chi connectivity index (χ1) is 8.68. The lowest BCUT2D eigenvalue weighted by Gasteiger charge is -2.35. The van der Waals surface area contributed by atoms with E-state index in [1.54, 1.807) is 19.2 Å². The molecule has 0 saturated heterocycles. The highest BCUT2D eigenvalue weighted by Crippen LogP contribution is 2.38. The van der Waals surface area contributed by atoms with Crippen LogP contribution in [0.1, 0.15) is 49.4 Å². The van der Waals surface area contributed by atoms with E-state index in [1.165, 1.54) is 19.3 Å². The molecule has 3 nitrogen and oxygen atoms in total. The quantitative estimate of drug-likeness (QED) is 0.763. The molecule has 98 valence electrons. The number of carbonyl (C=O) groups is 1. The SMILES string of the molecule is COc1cccc(C=O)c1OC1(C)CCCCC1. The Hall–Kier alpha value is -1.51. The van der Waals surface area contributed by atoms with Gasteiger partial charge in [-0.2, -0.15) is 0 Å². The molecule has 0 atom stereocenters. The summed E-state index contributed by atoms with van der Waals surface area (Å²) >= 11 is 0. The maximum Gasteiger partial charge on any atom is 0.172 e. The Balaban J connectivity index is 2.29. The minimum Gasteiger partial charge on any atom is -0.493 e. The van der Waals surface area contributed by atoms with Crippen molar-refractivity contribution in [3.8, 4) is 11.5 Å². The molecular weight excluding hydrogens is 228 g/mol. The zero-order valence-electron chi connectivity index (χ0n) is 11.1. The van der Waals surface area contributed by atoms with Gasteiger partial charge in [-0.15, -0.1) is 0 Å². The van der Waals surface area contributed by atoms with Crippen molar-refractivity contribution in [2.45, 2.75) is 44.6 Å². The first-order valence-corrected chi connectivity index (χ1v) is 6.50. The topological polar surface area (TPSA) is 35.5 Å². The van der Waals surface area contributed by atoms with Crippen molar-refractivity contribution in [1.82, 2.24) is 0 Å². The van der Waals surface area contributed by atoms with Gasteiger partial charge in [0.2, 0.25) is 0 Å². The van der Waals surface area contributed by atoms with Crippen molar-refractivity contribution < 1.29 is 14.3 Å². The highest BCUT2D eigenvalue weighted by atomic mass is 16.5. The van der Waals surface area contributed by atoms with E-state index in [4.69, 9.17) is 9.47 Å². The van der Waals surface area contributed by atoms with Gasteiger partial charge in [-0.1, -0.05) is 12.5 Å². The number of hydrogen-bond acceptors (Lipinski definition) is 3. The summed E-state index contributed by atoms with van der Waals surface area (Å²) in [5, 5.41) is 0. The molecule has 0 N–H and O–H groups in total. The third-order valence-corrected chi connectivity index (χ3v) is 3.62. The smallest absolute Gasteiger partial charge is 0.172 e. The number of para-hydroxylation sites is 1. The van der Waals surface area contributed by atoms with Crippen LogP contribution in [-0.4, -0.2) is 19.0 Å². The van der Waals surface area contributed by atoms with E-state index in [-0.39, 0.29) is 5.60 Å². The highest BCUT2D eigenvalue weighted by Gasteiger charge is 2.30. The molecule has 0 spiro atoms. The monoisotopic (exact) mass is 248 g/mol. The number of rotatable bonds is 4. The lowest BCUT2D eigenvalue weighted by atomic mass is 9.86. The molecule has 0 amide bonds. The number of carbonyl (C=O) groups excluding carboxylic acids is 1. The van der Waals surface area contributed by atoms with Gasteiger partial charge in [0.15, 0.2) is 17.8 Å². The molecule has 1 saturated carbocycles. The van der Waals surface area contributed by atoms with Gasteiger partial charge in [-0.05, 0) is 44.7 Å². The molecule has 1 fully saturated rings. The first-order valence-electron chi connectivity index (χ1n) is 6.50. The molecule has 1 aromatic carbocycles. The zero-order valence-corrected chi connectivity index (χ0v) is 11.1. The molecule has 0 unspecified atom stereocenters. The fraction of sp³-hybridized carbons (Fsp3) is 0.533. The van der Waals surface area contributed by atoms with Gasteiger partial charge in [0.25, 0.3) is 0 Å². The van der Waals surface area contributed by atoms with Gasteiger partial charge in [0.1, 0.15) is 5.60 Å². The summed E-state index contributed by atoms with van der Waals surface area (Å²) in [7, 11) is 1.60.